The first-order valence-corrected chi connectivity index (χ1v) is 14.9. The Bertz CT molecular complexity index is 1180. The number of halogens is 1. The van der Waals surface area contributed by atoms with Gasteiger partial charge in [0.05, 0.1) is 17.3 Å². The second kappa shape index (κ2) is 13.9. The number of benzene rings is 1. The summed E-state index contributed by atoms with van der Waals surface area (Å²) in [6.07, 6.45) is 13.0. The van der Waals surface area contributed by atoms with Gasteiger partial charge in [-0.1, -0.05) is 77.0 Å². The lowest BCUT2D eigenvalue weighted by atomic mass is 10.1. The smallest absolute Gasteiger partial charge is 0.222 e. The summed E-state index contributed by atoms with van der Waals surface area (Å²) in [5.74, 6) is 2.61. The molecule has 1 saturated heterocycles. The fourth-order valence-corrected chi connectivity index (χ4v) is 5.25. The lowest BCUT2D eigenvalue weighted by molar-refractivity contribution is -0.131. The van der Waals surface area contributed by atoms with Gasteiger partial charge in [-0.15, -0.1) is 0 Å². The van der Waals surface area contributed by atoms with Gasteiger partial charge in [0.25, 0.3) is 0 Å². The number of fused-ring (bicyclic) bond motifs is 1. The summed E-state index contributed by atoms with van der Waals surface area (Å²) in [5.41, 5.74) is 1.68. The number of aryl methyl sites for hydroxylation is 1. The second-order valence-corrected chi connectivity index (χ2v) is 11.3. The highest BCUT2D eigenvalue weighted by atomic mass is 35.5. The lowest BCUT2D eigenvalue weighted by Crippen LogP contribution is -2.49. The van der Waals surface area contributed by atoms with Gasteiger partial charge in [-0.2, -0.15) is 5.10 Å². The van der Waals surface area contributed by atoms with E-state index in [4.69, 9.17) is 21.6 Å². The molecule has 0 N–H and O–H groups in total. The maximum atomic E-state index is 12.8. The van der Waals surface area contributed by atoms with Crippen molar-refractivity contribution in [2.75, 3.05) is 31.1 Å². The molecule has 0 atom stereocenters. The molecule has 1 aliphatic heterocycles. The molecular formula is C30H43ClN6O. The Labute approximate surface area is 232 Å². The van der Waals surface area contributed by atoms with Crippen molar-refractivity contribution in [2.45, 2.75) is 85.0 Å². The molecule has 0 bridgehead atoms. The van der Waals surface area contributed by atoms with Crippen molar-refractivity contribution in [3.63, 3.8) is 0 Å². The van der Waals surface area contributed by atoms with Gasteiger partial charge in [-0.3, -0.25) is 4.79 Å². The zero-order chi connectivity index (χ0) is 26.9. The monoisotopic (exact) mass is 538 g/mol. The number of rotatable bonds is 13. The van der Waals surface area contributed by atoms with Crippen molar-refractivity contribution >= 4 is 34.4 Å². The highest BCUT2D eigenvalue weighted by Gasteiger charge is 2.25. The first kappa shape index (κ1) is 28.3. The zero-order valence-corrected chi connectivity index (χ0v) is 24.1. The highest BCUT2D eigenvalue weighted by Crippen LogP contribution is 2.28. The molecule has 0 unspecified atom stereocenters. The Balaban J connectivity index is 1.44. The van der Waals surface area contributed by atoms with Crippen molar-refractivity contribution in [3.05, 3.63) is 41.3 Å². The quantitative estimate of drug-likeness (QED) is 0.223. The number of nitrogens with zero attached hydrogens (tertiary/aromatic N) is 6. The number of carbonyl (C=O) groups is 1. The van der Waals surface area contributed by atoms with Gasteiger partial charge < -0.3 is 9.80 Å². The summed E-state index contributed by atoms with van der Waals surface area (Å²) >= 11 is 6.27. The first-order chi connectivity index (χ1) is 18.5. The van der Waals surface area contributed by atoms with Gasteiger partial charge >= 0.3 is 0 Å². The molecule has 2 aromatic heterocycles. The van der Waals surface area contributed by atoms with Gasteiger partial charge in [0.1, 0.15) is 11.6 Å². The molecule has 0 spiro atoms. The Hall–Kier alpha value is -2.67. The highest BCUT2D eigenvalue weighted by molar-refractivity contribution is 6.30. The average molecular weight is 539 g/mol. The minimum absolute atomic E-state index is 0.289. The van der Waals surface area contributed by atoms with E-state index in [0.29, 0.717) is 17.4 Å². The van der Waals surface area contributed by atoms with Crippen molar-refractivity contribution in [1.82, 2.24) is 24.6 Å². The summed E-state index contributed by atoms with van der Waals surface area (Å²) in [7, 11) is 0. The molecule has 1 aromatic carbocycles. The van der Waals surface area contributed by atoms with Crippen LogP contribution in [-0.4, -0.2) is 56.7 Å². The Morgan fingerprint density at radius 3 is 2.45 bits per heavy atom. The average Bonchev–Trinajstić information content (AvgIpc) is 3.35. The van der Waals surface area contributed by atoms with Gasteiger partial charge in [-0.05, 0) is 37.0 Å². The number of carbonyl (C=O) groups excluding carboxylic acids is 1. The topological polar surface area (TPSA) is 67.2 Å². The second-order valence-electron chi connectivity index (χ2n) is 10.9. The number of hydrogen-bond acceptors (Lipinski definition) is 5. The molecule has 1 fully saturated rings. The Morgan fingerprint density at radius 2 is 1.74 bits per heavy atom. The summed E-state index contributed by atoms with van der Waals surface area (Å²) < 4.78 is 1.85. The van der Waals surface area contributed by atoms with Crippen molar-refractivity contribution in [3.8, 4) is 5.69 Å². The van der Waals surface area contributed by atoms with Gasteiger partial charge in [0.2, 0.25) is 5.91 Å². The number of aromatic nitrogens is 4. The summed E-state index contributed by atoms with van der Waals surface area (Å²) in [6.45, 7) is 9.67. The van der Waals surface area contributed by atoms with E-state index in [2.05, 4.69) is 30.8 Å². The van der Waals surface area contributed by atoms with E-state index in [1.54, 1.807) is 0 Å². The van der Waals surface area contributed by atoms with Crippen LogP contribution in [0.25, 0.3) is 16.7 Å². The maximum absolute atomic E-state index is 12.8. The molecule has 3 aromatic rings. The molecule has 3 heterocycles. The maximum Gasteiger partial charge on any atom is 0.222 e. The normalized spacial score (nSPS) is 14.1. The summed E-state index contributed by atoms with van der Waals surface area (Å²) in [5, 5.41) is 6.27. The van der Waals surface area contributed by atoms with E-state index in [9.17, 15) is 4.79 Å². The van der Waals surface area contributed by atoms with Gasteiger partial charge in [-0.25, -0.2) is 14.6 Å². The molecule has 206 valence electrons. The Morgan fingerprint density at radius 1 is 1.00 bits per heavy atom. The van der Waals surface area contributed by atoms with Crippen molar-refractivity contribution < 1.29 is 4.79 Å². The zero-order valence-electron chi connectivity index (χ0n) is 23.3. The third kappa shape index (κ3) is 7.46. The van der Waals surface area contributed by atoms with E-state index in [0.717, 1.165) is 80.2 Å². The molecule has 0 saturated carbocycles. The van der Waals surface area contributed by atoms with E-state index in [1.807, 2.05) is 40.0 Å². The summed E-state index contributed by atoms with van der Waals surface area (Å²) in [4.78, 5) is 27.1. The predicted molar refractivity (Wildman–Crippen MR) is 156 cm³/mol. The molecular weight excluding hydrogens is 496 g/mol. The van der Waals surface area contributed by atoms with E-state index < -0.39 is 0 Å². The van der Waals surface area contributed by atoms with Crippen molar-refractivity contribution in [2.24, 2.45) is 5.92 Å². The largest absolute Gasteiger partial charge is 0.352 e. The van der Waals surface area contributed by atoms with Crippen LogP contribution in [0.2, 0.25) is 5.02 Å². The van der Waals surface area contributed by atoms with Crippen LogP contribution in [0.4, 0.5) is 5.82 Å². The number of anilines is 1. The molecule has 8 heteroatoms. The molecule has 1 aliphatic rings. The SMILES string of the molecule is CCCCCCCCCC(=O)N1CCN(c2nc(CCC(C)C)nc3c2cnn3-c2cccc(Cl)c2)CC1. The van der Waals surface area contributed by atoms with Crippen LogP contribution in [0.15, 0.2) is 30.5 Å². The minimum Gasteiger partial charge on any atom is -0.352 e. The van der Waals surface area contributed by atoms with Crippen LogP contribution >= 0.6 is 11.6 Å². The minimum atomic E-state index is 0.289. The molecule has 0 aliphatic carbocycles. The standard InChI is InChI=1S/C30H43ClN6O/c1-4-5-6-7-8-9-10-14-28(38)35-17-19-36(20-18-35)29-26-22-32-37(25-13-11-12-24(31)21-25)30(26)34-27(33-29)16-15-23(2)3/h11-13,21-23H,4-10,14-20H2,1-3H3. The van der Waals surface area contributed by atoms with Crippen LogP contribution in [0.5, 0.6) is 0 Å². The molecule has 38 heavy (non-hydrogen) atoms. The fourth-order valence-electron chi connectivity index (χ4n) is 5.06. The van der Waals surface area contributed by atoms with Crippen molar-refractivity contribution in [1.29, 1.82) is 0 Å². The lowest BCUT2D eigenvalue weighted by Gasteiger charge is -2.35. The predicted octanol–water partition coefficient (Wildman–Crippen LogP) is 6.85. The summed E-state index contributed by atoms with van der Waals surface area (Å²) in [6, 6.07) is 7.68. The van der Waals surface area contributed by atoms with E-state index in [-0.39, 0.29) is 5.91 Å². The van der Waals surface area contributed by atoms with Crippen LogP contribution in [-0.2, 0) is 11.2 Å². The third-order valence-corrected chi connectivity index (χ3v) is 7.61. The number of amides is 1. The van der Waals surface area contributed by atoms with Crippen LogP contribution in [0.1, 0.15) is 84.4 Å². The fraction of sp³-hybridized carbons (Fsp3) is 0.600. The van der Waals surface area contributed by atoms with Gasteiger partial charge in [0, 0.05) is 44.0 Å². The number of hydrogen-bond donors (Lipinski definition) is 0. The number of unbranched alkanes of at least 4 members (excludes halogenated alkanes) is 6. The molecule has 1 amide bonds. The van der Waals surface area contributed by atoms with Crippen LogP contribution in [0, 0.1) is 5.92 Å². The molecule has 0 radical (unpaired) electrons. The number of piperazine rings is 1. The molecule has 7 nitrogen and oxygen atoms in total. The Kier molecular flexibility index (Phi) is 10.4. The first-order valence-electron chi connectivity index (χ1n) is 14.5. The van der Waals surface area contributed by atoms with Crippen LogP contribution < -0.4 is 4.90 Å². The van der Waals surface area contributed by atoms with Gasteiger partial charge in [0.15, 0.2) is 5.65 Å². The molecule has 4 rings (SSSR count). The third-order valence-electron chi connectivity index (χ3n) is 7.38. The van der Waals surface area contributed by atoms with E-state index >= 15 is 0 Å². The van der Waals surface area contributed by atoms with E-state index in [1.165, 1.54) is 32.1 Å². The van der Waals surface area contributed by atoms with Crippen LogP contribution in [0.3, 0.4) is 0 Å².